The summed E-state index contributed by atoms with van der Waals surface area (Å²) in [5.41, 5.74) is 0.469. The molecule has 0 spiro atoms. The highest BCUT2D eigenvalue weighted by molar-refractivity contribution is 5.59. The first kappa shape index (κ1) is 19.4. The monoisotopic (exact) mass is 401 g/mol. The van der Waals surface area contributed by atoms with Crippen molar-refractivity contribution in [2.75, 3.05) is 11.9 Å². The molecule has 1 saturated carbocycles. The molecule has 2 aromatic heterocycles. The topological polar surface area (TPSA) is 66.5 Å². The number of benzene rings is 1. The van der Waals surface area contributed by atoms with Crippen LogP contribution in [0.25, 0.3) is 11.3 Å². The van der Waals surface area contributed by atoms with E-state index in [0.717, 1.165) is 50.2 Å². The number of rotatable bonds is 5. The number of aromatic nitrogens is 4. The number of anilines is 1. The molecule has 1 aliphatic carbocycles. The van der Waals surface area contributed by atoms with Crippen LogP contribution in [-0.4, -0.2) is 26.5 Å². The van der Waals surface area contributed by atoms with Crippen LogP contribution in [0.1, 0.15) is 43.0 Å². The summed E-state index contributed by atoms with van der Waals surface area (Å²) < 4.78 is 38.8. The van der Waals surface area contributed by atoms with Crippen LogP contribution in [0.15, 0.2) is 48.9 Å². The van der Waals surface area contributed by atoms with Gasteiger partial charge < -0.3 is 10.3 Å². The van der Waals surface area contributed by atoms with E-state index < -0.39 is 11.7 Å². The molecule has 1 fully saturated rings. The summed E-state index contributed by atoms with van der Waals surface area (Å²) in [6.07, 6.45) is 4.82. The van der Waals surface area contributed by atoms with Crippen LogP contribution in [0.4, 0.5) is 19.1 Å². The lowest BCUT2D eigenvalue weighted by Crippen LogP contribution is -2.21. The van der Waals surface area contributed by atoms with E-state index in [9.17, 15) is 13.2 Å². The van der Waals surface area contributed by atoms with Gasteiger partial charge in [-0.3, -0.25) is 0 Å². The van der Waals surface area contributed by atoms with Crippen molar-refractivity contribution < 1.29 is 13.2 Å². The van der Waals surface area contributed by atoms with Gasteiger partial charge in [-0.05, 0) is 49.8 Å². The van der Waals surface area contributed by atoms with Crippen LogP contribution >= 0.6 is 0 Å². The van der Waals surface area contributed by atoms with Crippen molar-refractivity contribution in [1.29, 1.82) is 0 Å². The fourth-order valence-corrected chi connectivity index (χ4v) is 3.82. The molecule has 0 amide bonds. The Labute approximate surface area is 166 Å². The van der Waals surface area contributed by atoms with Crippen LogP contribution in [0, 0.1) is 5.92 Å². The van der Waals surface area contributed by atoms with Gasteiger partial charge >= 0.3 is 6.18 Å². The third-order valence-corrected chi connectivity index (χ3v) is 5.44. The summed E-state index contributed by atoms with van der Waals surface area (Å²) in [5.74, 6) is 2.35. The zero-order valence-electron chi connectivity index (χ0n) is 15.8. The molecule has 0 radical (unpaired) electrons. The van der Waals surface area contributed by atoms with E-state index in [0.29, 0.717) is 29.0 Å². The molecule has 3 aromatic rings. The number of alkyl halides is 3. The molecule has 4 rings (SSSR count). The highest BCUT2D eigenvalue weighted by atomic mass is 19.4. The van der Waals surface area contributed by atoms with Crippen LogP contribution in [-0.2, 0) is 6.18 Å². The molecule has 1 aromatic carbocycles. The van der Waals surface area contributed by atoms with E-state index in [4.69, 9.17) is 0 Å². The maximum atomic E-state index is 12.9. The van der Waals surface area contributed by atoms with E-state index in [-0.39, 0.29) is 0 Å². The standard InChI is InChI=1S/C21H22F3N5/c22-21(23,24)17-4-1-3-16(11-17)18-13-27-19(29-18)15-7-5-14(6-8-15)12-28-20-25-9-2-10-26-20/h1-4,9-11,13-15H,5-8,12H2,(H,27,29)(H,25,26,28). The average Bonchev–Trinajstić information content (AvgIpc) is 3.23. The number of halogens is 3. The van der Waals surface area contributed by atoms with Crippen molar-refractivity contribution in [3.05, 3.63) is 60.3 Å². The predicted octanol–water partition coefficient (Wildman–Crippen LogP) is 5.27. The minimum atomic E-state index is -4.35. The molecule has 2 N–H and O–H groups in total. The fourth-order valence-electron chi connectivity index (χ4n) is 3.82. The van der Waals surface area contributed by atoms with Crippen LogP contribution in [0.5, 0.6) is 0 Å². The van der Waals surface area contributed by atoms with E-state index in [1.165, 1.54) is 6.07 Å². The Morgan fingerprint density at radius 3 is 2.48 bits per heavy atom. The SMILES string of the molecule is FC(F)(F)c1cccc(-c2cnc(C3CCC(CNc4ncccn4)CC3)[nH]2)c1. The van der Waals surface area contributed by atoms with Gasteiger partial charge in [-0.2, -0.15) is 13.2 Å². The molecule has 0 saturated heterocycles. The Bertz CT molecular complexity index is 931. The Morgan fingerprint density at radius 2 is 1.76 bits per heavy atom. The molecule has 0 aliphatic heterocycles. The molecule has 29 heavy (non-hydrogen) atoms. The lowest BCUT2D eigenvalue weighted by atomic mass is 9.81. The molecule has 0 bridgehead atoms. The second kappa shape index (κ2) is 8.23. The Morgan fingerprint density at radius 1 is 1.00 bits per heavy atom. The lowest BCUT2D eigenvalue weighted by Gasteiger charge is -2.27. The molecule has 8 heteroatoms. The van der Waals surface area contributed by atoms with E-state index in [2.05, 4.69) is 25.3 Å². The lowest BCUT2D eigenvalue weighted by molar-refractivity contribution is -0.137. The van der Waals surface area contributed by atoms with Crippen molar-refractivity contribution in [2.45, 2.75) is 37.8 Å². The first-order valence-electron chi connectivity index (χ1n) is 9.72. The number of hydrogen-bond acceptors (Lipinski definition) is 4. The molecule has 5 nitrogen and oxygen atoms in total. The normalized spacial score (nSPS) is 19.8. The number of nitrogens with zero attached hydrogens (tertiary/aromatic N) is 3. The van der Waals surface area contributed by atoms with Crippen molar-refractivity contribution in [2.24, 2.45) is 5.92 Å². The Balaban J connectivity index is 1.35. The van der Waals surface area contributed by atoms with Crippen molar-refractivity contribution >= 4 is 5.95 Å². The van der Waals surface area contributed by atoms with Gasteiger partial charge in [0.25, 0.3) is 0 Å². The van der Waals surface area contributed by atoms with Gasteiger partial charge in [0, 0.05) is 30.4 Å². The number of aromatic amines is 1. The third kappa shape index (κ3) is 4.75. The molecular weight excluding hydrogens is 379 g/mol. The minimum Gasteiger partial charge on any atom is -0.354 e. The summed E-state index contributed by atoms with van der Waals surface area (Å²) in [4.78, 5) is 16.0. The number of hydrogen-bond donors (Lipinski definition) is 2. The second-order valence-corrected chi connectivity index (χ2v) is 7.43. The summed E-state index contributed by atoms with van der Waals surface area (Å²) in [6, 6.07) is 7.11. The number of imidazole rings is 1. The molecule has 0 unspecified atom stereocenters. The first-order valence-corrected chi connectivity index (χ1v) is 9.72. The van der Waals surface area contributed by atoms with Gasteiger partial charge in [0.15, 0.2) is 0 Å². The zero-order valence-corrected chi connectivity index (χ0v) is 15.8. The van der Waals surface area contributed by atoms with Gasteiger partial charge in [0.1, 0.15) is 5.82 Å². The predicted molar refractivity (Wildman–Crippen MR) is 104 cm³/mol. The summed E-state index contributed by atoms with van der Waals surface area (Å²) in [6.45, 7) is 0.838. The van der Waals surface area contributed by atoms with E-state index >= 15 is 0 Å². The van der Waals surface area contributed by atoms with Crippen molar-refractivity contribution in [3.63, 3.8) is 0 Å². The molecule has 2 heterocycles. The van der Waals surface area contributed by atoms with Crippen LogP contribution < -0.4 is 5.32 Å². The number of H-pyrrole nitrogens is 1. The van der Waals surface area contributed by atoms with Gasteiger partial charge in [0.2, 0.25) is 5.95 Å². The number of nitrogens with one attached hydrogen (secondary N) is 2. The summed E-state index contributed by atoms with van der Waals surface area (Å²) >= 11 is 0. The van der Waals surface area contributed by atoms with Gasteiger partial charge in [-0.25, -0.2) is 15.0 Å². The Kier molecular flexibility index (Phi) is 5.51. The second-order valence-electron chi connectivity index (χ2n) is 7.43. The maximum Gasteiger partial charge on any atom is 0.416 e. The largest absolute Gasteiger partial charge is 0.416 e. The summed E-state index contributed by atoms with van der Waals surface area (Å²) in [5, 5.41) is 3.27. The zero-order chi connectivity index (χ0) is 20.3. The quantitative estimate of drug-likeness (QED) is 0.611. The molecule has 0 atom stereocenters. The molecular formula is C21H22F3N5. The van der Waals surface area contributed by atoms with Crippen molar-refractivity contribution in [1.82, 2.24) is 19.9 Å². The smallest absolute Gasteiger partial charge is 0.354 e. The van der Waals surface area contributed by atoms with Crippen LogP contribution in [0.3, 0.4) is 0 Å². The minimum absolute atomic E-state index is 0.304. The van der Waals surface area contributed by atoms with E-state index in [1.807, 2.05) is 0 Å². The van der Waals surface area contributed by atoms with Gasteiger partial charge in [0.05, 0.1) is 17.5 Å². The molecule has 152 valence electrons. The first-order chi connectivity index (χ1) is 14.0. The average molecular weight is 401 g/mol. The van der Waals surface area contributed by atoms with Gasteiger partial charge in [-0.15, -0.1) is 0 Å². The highest BCUT2D eigenvalue weighted by Gasteiger charge is 2.30. The van der Waals surface area contributed by atoms with Gasteiger partial charge in [-0.1, -0.05) is 12.1 Å². The third-order valence-electron chi connectivity index (χ3n) is 5.44. The highest BCUT2D eigenvalue weighted by Crippen LogP contribution is 2.36. The Hall–Kier alpha value is -2.90. The maximum absolute atomic E-state index is 12.9. The fraction of sp³-hybridized carbons (Fsp3) is 0.381. The van der Waals surface area contributed by atoms with Crippen molar-refractivity contribution in [3.8, 4) is 11.3 Å². The van der Waals surface area contributed by atoms with Crippen LogP contribution in [0.2, 0.25) is 0 Å². The summed E-state index contributed by atoms with van der Waals surface area (Å²) in [7, 11) is 0. The molecule has 1 aliphatic rings. The van der Waals surface area contributed by atoms with E-state index in [1.54, 1.807) is 30.7 Å².